The van der Waals surface area contributed by atoms with Gasteiger partial charge in [0.05, 0.1) is 0 Å². The van der Waals surface area contributed by atoms with Crippen LogP contribution in [0.2, 0.25) is 0 Å². The van der Waals surface area contributed by atoms with E-state index in [2.05, 4.69) is 0 Å². The number of aliphatic carboxylic acids is 1. The molecule has 2 saturated carbocycles. The van der Waals surface area contributed by atoms with Crippen molar-refractivity contribution in [3.05, 3.63) is 0 Å². The molecule has 0 spiro atoms. The summed E-state index contributed by atoms with van der Waals surface area (Å²) in [5.74, 6) is 0.318. The summed E-state index contributed by atoms with van der Waals surface area (Å²) < 4.78 is 0. The van der Waals surface area contributed by atoms with Crippen LogP contribution in [0.3, 0.4) is 0 Å². The van der Waals surface area contributed by atoms with Gasteiger partial charge >= 0.3 is 29.6 Å². The molecule has 0 amide bonds. The second-order valence-corrected chi connectivity index (χ2v) is 3.50. The Kier molecular flexibility index (Phi) is 3.01. The third kappa shape index (κ3) is 1.49. The molecule has 3 heteroatoms. The van der Waals surface area contributed by atoms with Crippen molar-refractivity contribution < 1.29 is 39.5 Å². The van der Waals surface area contributed by atoms with Crippen molar-refractivity contribution in [2.45, 2.75) is 25.7 Å². The Hall–Kier alpha value is 0.470. The summed E-state index contributed by atoms with van der Waals surface area (Å²) >= 11 is 0. The maximum atomic E-state index is 10.5. The van der Waals surface area contributed by atoms with Gasteiger partial charge in [0, 0.05) is 11.9 Å². The Balaban J connectivity index is 0.000000605. The molecule has 2 fully saturated rings. The Bertz CT molecular complexity index is 169. The second kappa shape index (κ2) is 3.46. The molecule has 3 atom stereocenters. The largest absolute Gasteiger partial charge is 1.00 e. The summed E-state index contributed by atoms with van der Waals surface area (Å²) in [6, 6.07) is 0. The molecule has 11 heavy (non-hydrogen) atoms. The Morgan fingerprint density at radius 3 is 2.09 bits per heavy atom. The van der Waals surface area contributed by atoms with Gasteiger partial charge < -0.3 is 9.90 Å². The number of carbonyl (C=O) groups excluding carboxylic acids is 1. The van der Waals surface area contributed by atoms with E-state index in [0.717, 1.165) is 25.2 Å². The maximum absolute atomic E-state index is 10.5. The molecule has 0 radical (unpaired) electrons. The van der Waals surface area contributed by atoms with Gasteiger partial charge in [-0.2, -0.15) is 0 Å². The van der Waals surface area contributed by atoms with Crippen molar-refractivity contribution in [1.82, 2.24) is 0 Å². The molecule has 3 unspecified atom stereocenters. The van der Waals surface area contributed by atoms with Crippen LogP contribution in [0.25, 0.3) is 0 Å². The Morgan fingerprint density at radius 1 is 1.18 bits per heavy atom. The molecule has 0 aromatic carbocycles. The molecule has 0 saturated heterocycles. The molecule has 0 aromatic heterocycles. The number of hydrogen-bond acceptors (Lipinski definition) is 2. The van der Waals surface area contributed by atoms with Crippen LogP contribution in [-0.4, -0.2) is 5.97 Å². The third-order valence-corrected chi connectivity index (χ3v) is 3.14. The van der Waals surface area contributed by atoms with E-state index in [9.17, 15) is 9.90 Å². The number of carboxylic acids is 1. The zero-order chi connectivity index (χ0) is 7.14. The standard InChI is InChI=1S/C8H12O2.Na/c9-8(10)7-4-2-5-1-3-6(5)7;/h5-7H,1-4H2,(H,9,10);/q;+1/p-1. The predicted molar refractivity (Wildman–Crippen MR) is 33.9 cm³/mol. The van der Waals surface area contributed by atoms with Crippen LogP contribution < -0.4 is 34.7 Å². The van der Waals surface area contributed by atoms with E-state index in [1.165, 1.54) is 6.42 Å². The zero-order valence-corrected chi connectivity index (χ0v) is 8.88. The van der Waals surface area contributed by atoms with E-state index in [1.807, 2.05) is 0 Å². The number of hydrogen-bond donors (Lipinski definition) is 0. The fraction of sp³-hybridized carbons (Fsp3) is 0.875. The van der Waals surface area contributed by atoms with E-state index in [-0.39, 0.29) is 35.5 Å². The van der Waals surface area contributed by atoms with Crippen LogP contribution in [0.1, 0.15) is 25.7 Å². The fourth-order valence-corrected chi connectivity index (χ4v) is 2.38. The van der Waals surface area contributed by atoms with E-state index in [4.69, 9.17) is 0 Å². The first-order valence-electron chi connectivity index (χ1n) is 4.00. The fourth-order valence-electron chi connectivity index (χ4n) is 2.38. The minimum atomic E-state index is -0.813. The van der Waals surface area contributed by atoms with Crippen molar-refractivity contribution in [2.75, 3.05) is 0 Å². The summed E-state index contributed by atoms with van der Waals surface area (Å²) in [5, 5.41) is 10.5. The SMILES string of the molecule is O=C([O-])C1CCC2CCC21.[Na+]. The van der Waals surface area contributed by atoms with Gasteiger partial charge in [-0.3, -0.25) is 0 Å². The second-order valence-electron chi connectivity index (χ2n) is 3.50. The van der Waals surface area contributed by atoms with Gasteiger partial charge in [-0.1, -0.05) is 0 Å². The number of carboxylic acid groups (broad SMARTS) is 1. The molecule has 2 aliphatic rings. The van der Waals surface area contributed by atoms with Crippen molar-refractivity contribution in [2.24, 2.45) is 17.8 Å². The van der Waals surface area contributed by atoms with Gasteiger partial charge in [0.15, 0.2) is 0 Å². The predicted octanol–water partition coefficient (Wildman–Crippen LogP) is -2.82. The zero-order valence-electron chi connectivity index (χ0n) is 6.88. The van der Waals surface area contributed by atoms with E-state index >= 15 is 0 Å². The van der Waals surface area contributed by atoms with Crippen molar-refractivity contribution in [3.63, 3.8) is 0 Å². The Labute approximate surface area is 88.7 Å². The smallest absolute Gasteiger partial charge is 0.550 e. The van der Waals surface area contributed by atoms with Gasteiger partial charge in [-0.15, -0.1) is 0 Å². The molecular weight excluding hydrogens is 151 g/mol. The normalized spacial score (nSPS) is 40.2. The number of rotatable bonds is 1. The molecule has 2 aliphatic carbocycles. The van der Waals surface area contributed by atoms with E-state index in [0.29, 0.717) is 5.92 Å². The van der Waals surface area contributed by atoms with Gasteiger partial charge in [-0.05, 0) is 37.5 Å². The van der Waals surface area contributed by atoms with E-state index < -0.39 is 5.97 Å². The van der Waals surface area contributed by atoms with Crippen LogP contribution >= 0.6 is 0 Å². The summed E-state index contributed by atoms with van der Waals surface area (Å²) in [6.07, 6.45) is 4.39. The average Bonchev–Trinajstić information content (AvgIpc) is 2.07. The average molecular weight is 162 g/mol. The molecule has 0 heterocycles. The van der Waals surface area contributed by atoms with Crippen molar-refractivity contribution in [3.8, 4) is 0 Å². The molecule has 0 aromatic rings. The van der Waals surface area contributed by atoms with Gasteiger partial charge in [0.25, 0.3) is 0 Å². The summed E-state index contributed by atoms with van der Waals surface area (Å²) in [6.45, 7) is 0. The van der Waals surface area contributed by atoms with Crippen molar-refractivity contribution in [1.29, 1.82) is 0 Å². The summed E-state index contributed by atoms with van der Waals surface area (Å²) in [4.78, 5) is 10.5. The van der Waals surface area contributed by atoms with Crippen LogP contribution in [-0.2, 0) is 4.79 Å². The molecule has 2 nitrogen and oxygen atoms in total. The van der Waals surface area contributed by atoms with Crippen molar-refractivity contribution >= 4 is 5.97 Å². The molecule has 0 bridgehead atoms. The van der Waals surface area contributed by atoms with E-state index in [1.54, 1.807) is 0 Å². The summed E-state index contributed by atoms with van der Waals surface area (Å²) in [5.41, 5.74) is 0. The first-order valence-corrected chi connectivity index (χ1v) is 4.00. The summed E-state index contributed by atoms with van der Waals surface area (Å²) in [7, 11) is 0. The van der Waals surface area contributed by atoms with Crippen LogP contribution in [0, 0.1) is 17.8 Å². The minimum absolute atomic E-state index is 0. The maximum Gasteiger partial charge on any atom is 1.00 e. The quantitative estimate of drug-likeness (QED) is 0.390. The third-order valence-electron chi connectivity index (χ3n) is 3.14. The number of carbonyl (C=O) groups is 1. The molecule has 0 aliphatic heterocycles. The number of fused-ring (bicyclic) bond motifs is 1. The van der Waals surface area contributed by atoms with Crippen LogP contribution in [0.5, 0.6) is 0 Å². The van der Waals surface area contributed by atoms with Gasteiger partial charge in [0.2, 0.25) is 0 Å². The van der Waals surface area contributed by atoms with Gasteiger partial charge in [0.1, 0.15) is 0 Å². The van der Waals surface area contributed by atoms with Crippen LogP contribution in [0.15, 0.2) is 0 Å². The van der Waals surface area contributed by atoms with Gasteiger partial charge in [-0.25, -0.2) is 0 Å². The molecule has 56 valence electrons. The first kappa shape index (κ1) is 9.56. The minimum Gasteiger partial charge on any atom is -0.550 e. The van der Waals surface area contributed by atoms with Crippen LogP contribution in [0.4, 0.5) is 0 Å². The Morgan fingerprint density at radius 2 is 1.82 bits per heavy atom. The first-order chi connectivity index (χ1) is 4.79. The molecular formula is C8H11NaO2. The molecule has 0 N–H and O–H groups in total. The monoisotopic (exact) mass is 162 g/mol. The molecule has 2 rings (SSSR count). The topological polar surface area (TPSA) is 40.1 Å².